The Bertz CT molecular complexity index is 996. The first-order valence-corrected chi connectivity index (χ1v) is 13.1. The second-order valence-electron chi connectivity index (χ2n) is 8.39. The lowest BCUT2D eigenvalue weighted by Crippen LogP contribution is -2.29. The van der Waals surface area contributed by atoms with Gasteiger partial charge in [-0.15, -0.1) is 0 Å². The Hall–Kier alpha value is -2.13. The fourth-order valence-corrected chi connectivity index (χ4v) is 4.57. The highest BCUT2D eigenvalue weighted by molar-refractivity contribution is 7.98. The smallest absolute Gasteiger partial charge is 0.167 e. The van der Waals surface area contributed by atoms with E-state index in [4.69, 9.17) is 4.74 Å². The summed E-state index contributed by atoms with van der Waals surface area (Å²) in [5.41, 5.74) is 1.34. The van der Waals surface area contributed by atoms with E-state index in [1.165, 1.54) is 12.1 Å². The average molecular weight is 480 g/mol. The maximum atomic E-state index is 13.9. The molecule has 0 spiro atoms. The summed E-state index contributed by atoms with van der Waals surface area (Å²) in [5.74, 6) is 4.13. The van der Waals surface area contributed by atoms with Gasteiger partial charge in [-0.25, -0.2) is 13.3 Å². The molecule has 0 aliphatic carbocycles. The number of aliphatic hydroxyl groups is 1. The van der Waals surface area contributed by atoms with Crippen LogP contribution < -0.4 is 14.4 Å². The van der Waals surface area contributed by atoms with E-state index in [1.807, 2.05) is 20.2 Å². The summed E-state index contributed by atoms with van der Waals surface area (Å²) in [6.07, 6.45) is 4.08. The number of benzene rings is 2. The van der Waals surface area contributed by atoms with E-state index >= 15 is 0 Å². The number of ether oxygens (including phenoxy) is 1. The van der Waals surface area contributed by atoms with Gasteiger partial charge in [-0.05, 0) is 76.2 Å². The maximum Gasteiger partial charge on any atom is 0.167 e. The van der Waals surface area contributed by atoms with Gasteiger partial charge in [0.05, 0.1) is 26.9 Å². The van der Waals surface area contributed by atoms with Crippen LogP contribution in [0.1, 0.15) is 38.2 Å². The average Bonchev–Trinajstić information content (AvgIpc) is 2.78. The van der Waals surface area contributed by atoms with Crippen molar-refractivity contribution in [2.24, 2.45) is 0 Å². The molecule has 0 aromatic heterocycles. The standard InChI is InChI=1S/C25H38FN3O3S/c1-6-7-8-14-29(15-10-13-28(3)4)23-16-20(19-30)17-24(33(5,31)27-2)25(23)32-22-12-9-11-21(26)18-22/h9,11-12,16-18,30H,5-8,10,13-15,19H2,1-4H3,(H,27,31). The van der Waals surface area contributed by atoms with Gasteiger partial charge in [0.15, 0.2) is 5.75 Å². The van der Waals surface area contributed by atoms with Crippen LogP contribution >= 0.6 is 0 Å². The Labute approximate surface area is 198 Å². The third-order valence-corrected chi connectivity index (χ3v) is 7.06. The van der Waals surface area contributed by atoms with Crippen molar-refractivity contribution < 1.29 is 18.4 Å². The number of aliphatic hydroxyl groups excluding tert-OH is 1. The molecule has 1 atom stereocenters. The molecular formula is C25H38FN3O3S. The number of nitrogens with zero attached hydrogens (tertiary/aromatic N) is 2. The number of rotatable bonds is 14. The van der Waals surface area contributed by atoms with E-state index in [0.717, 1.165) is 51.0 Å². The number of hydrogen-bond donors (Lipinski definition) is 2. The summed E-state index contributed by atoms with van der Waals surface area (Å²) in [6.45, 7) is 4.41. The molecule has 2 aromatic carbocycles. The predicted molar refractivity (Wildman–Crippen MR) is 136 cm³/mol. The largest absolute Gasteiger partial charge is 0.454 e. The zero-order valence-electron chi connectivity index (χ0n) is 20.3. The zero-order chi connectivity index (χ0) is 24.4. The van der Waals surface area contributed by atoms with Crippen LogP contribution in [0.15, 0.2) is 41.3 Å². The zero-order valence-corrected chi connectivity index (χ0v) is 21.1. The molecule has 2 rings (SSSR count). The predicted octanol–water partition coefficient (Wildman–Crippen LogP) is 4.27. The van der Waals surface area contributed by atoms with Gasteiger partial charge in [0.2, 0.25) is 0 Å². The van der Waals surface area contributed by atoms with Crippen molar-refractivity contribution in [2.45, 2.75) is 44.1 Å². The van der Waals surface area contributed by atoms with E-state index in [-0.39, 0.29) is 6.61 Å². The molecular weight excluding hydrogens is 441 g/mol. The van der Waals surface area contributed by atoms with Crippen molar-refractivity contribution in [3.8, 4) is 11.5 Å². The van der Waals surface area contributed by atoms with Crippen LogP contribution in [0.3, 0.4) is 0 Å². The molecule has 0 heterocycles. The lowest BCUT2D eigenvalue weighted by molar-refractivity contribution is 0.281. The topological polar surface area (TPSA) is 65.0 Å². The molecule has 2 N–H and O–H groups in total. The van der Waals surface area contributed by atoms with Crippen molar-refractivity contribution in [3.63, 3.8) is 0 Å². The van der Waals surface area contributed by atoms with Crippen molar-refractivity contribution in [1.82, 2.24) is 9.62 Å². The molecule has 0 radical (unpaired) electrons. The monoisotopic (exact) mass is 479 g/mol. The number of unbranched alkanes of at least 4 members (excludes halogenated alkanes) is 2. The van der Waals surface area contributed by atoms with Crippen molar-refractivity contribution >= 4 is 21.3 Å². The van der Waals surface area contributed by atoms with Crippen LogP contribution in [0.4, 0.5) is 10.1 Å². The van der Waals surface area contributed by atoms with Crippen molar-refractivity contribution in [2.75, 3.05) is 45.7 Å². The maximum absolute atomic E-state index is 13.9. The number of halogens is 1. The fourth-order valence-electron chi connectivity index (χ4n) is 3.56. The van der Waals surface area contributed by atoms with Gasteiger partial charge < -0.3 is 19.6 Å². The summed E-state index contributed by atoms with van der Waals surface area (Å²) in [5, 5.41) is 9.94. The minimum Gasteiger partial charge on any atom is -0.454 e. The van der Waals surface area contributed by atoms with Gasteiger partial charge in [-0.1, -0.05) is 25.8 Å². The Morgan fingerprint density at radius 1 is 1.12 bits per heavy atom. The third kappa shape index (κ3) is 7.99. The summed E-state index contributed by atoms with van der Waals surface area (Å²) < 4.78 is 36.2. The minimum atomic E-state index is -2.92. The first kappa shape index (κ1) is 27.1. The van der Waals surface area contributed by atoms with Crippen LogP contribution in [0, 0.1) is 5.82 Å². The molecule has 0 aliphatic rings. The summed E-state index contributed by atoms with van der Waals surface area (Å²) >= 11 is 0. The fraction of sp³-hybridized carbons (Fsp3) is 0.480. The molecule has 2 aromatic rings. The Balaban J connectivity index is 2.64. The molecule has 184 valence electrons. The van der Waals surface area contributed by atoms with Crippen LogP contribution in [0.25, 0.3) is 0 Å². The second-order valence-corrected chi connectivity index (χ2v) is 10.6. The van der Waals surface area contributed by atoms with Crippen molar-refractivity contribution in [3.05, 3.63) is 47.8 Å². The third-order valence-electron chi connectivity index (χ3n) is 5.38. The van der Waals surface area contributed by atoms with Gasteiger partial charge in [0.25, 0.3) is 0 Å². The molecule has 0 saturated heterocycles. The second kappa shape index (κ2) is 12.9. The van der Waals surface area contributed by atoms with E-state index in [9.17, 15) is 13.7 Å². The quantitative estimate of drug-likeness (QED) is 0.313. The number of anilines is 1. The molecule has 0 bridgehead atoms. The van der Waals surface area contributed by atoms with Crippen LogP contribution in [-0.2, 0) is 16.3 Å². The van der Waals surface area contributed by atoms with E-state index in [2.05, 4.69) is 27.3 Å². The Morgan fingerprint density at radius 3 is 2.45 bits per heavy atom. The molecule has 0 aliphatic heterocycles. The molecule has 1 unspecified atom stereocenters. The number of hydrogen-bond acceptors (Lipinski definition) is 5. The molecule has 0 fully saturated rings. The van der Waals surface area contributed by atoms with Crippen LogP contribution in [0.2, 0.25) is 0 Å². The molecule has 0 saturated carbocycles. The van der Waals surface area contributed by atoms with Crippen LogP contribution in [0.5, 0.6) is 11.5 Å². The highest BCUT2D eigenvalue weighted by atomic mass is 32.2. The van der Waals surface area contributed by atoms with Crippen LogP contribution in [-0.4, -0.2) is 60.9 Å². The molecule has 0 amide bonds. The van der Waals surface area contributed by atoms with Gasteiger partial charge in [0, 0.05) is 19.2 Å². The normalized spacial score (nSPS) is 13.2. The summed E-state index contributed by atoms with van der Waals surface area (Å²) in [4.78, 5) is 4.69. The molecule has 8 heteroatoms. The van der Waals surface area contributed by atoms with E-state index < -0.39 is 15.5 Å². The minimum absolute atomic E-state index is 0.208. The van der Waals surface area contributed by atoms with Gasteiger partial charge >= 0.3 is 0 Å². The highest BCUT2D eigenvalue weighted by Gasteiger charge is 2.23. The van der Waals surface area contributed by atoms with Gasteiger partial charge in [-0.2, -0.15) is 0 Å². The molecule has 33 heavy (non-hydrogen) atoms. The lowest BCUT2D eigenvalue weighted by atomic mass is 10.1. The summed E-state index contributed by atoms with van der Waals surface area (Å²) in [6, 6.07) is 9.39. The molecule has 6 nitrogen and oxygen atoms in total. The SMILES string of the molecule is C=S(=O)(NC)c1cc(CO)cc(N(CCCCC)CCCN(C)C)c1Oc1cccc(F)c1. The van der Waals surface area contributed by atoms with Crippen molar-refractivity contribution in [1.29, 1.82) is 0 Å². The summed E-state index contributed by atoms with van der Waals surface area (Å²) in [7, 11) is 2.72. The van der Waals surface area contributed by atoms with E-state index in [0.29, 0.717) is 22.0 Å². The first-order valence-electron chi connectivity index (χ1n) is 11.4. The lowest BCUT2D eigenvalue weighted by Gasteiger charge is -2.30. The number of nitrogens with one attached hydrogen (secondary N) is 1. The highest BCUT2D eigenvalue weighted by Crippen LogP contribution is 2.40. The first-order chi connectivity index (χ1) is 15.7. The van der Waals surface area contributed by atoms with Gasteiger partial charge in [-0.3, -0.25) is 0 Å². The van der Waals surface area contributed by atoms with Gasteiger partial charge in [0.1, 0.15) is 11.6 Å². The Kier molecular flexibility index (Phi) is 10.6. The Morgan fingerprint density at radius 2 is 1.85 bits per heavy atom. The van der Waals surface area contributed by atoms with E-state index in [1.54, 1.807) is 25.2 Å².